The predicted octanol–water partition coefficient (Wildman–Crippen LogP) is 2.90. The van der Waals surface area contributed by atoms with E-state index in [-0.39, 0.29) is 0 Å². The summed E-state index contributed by atoms with van der Waals surface area (Å²) < 4.78 is 0. The Kier molecular flexibility index (Phi) is 2.55. The molecule has 0 saturated heterocycles. The largest absolute Gasteiger partial charge is 0.383 e. The van der Waals surface area contributed by atoms with Crippen LogP contribution in [0.15, 0.2) is 12.1 Å². The zero-order valence-corrected chi connectivity index (χ0v) is 9.36. The molecule has 2 rings (SSSR count). The Morgan fingerprint density at radius 1 is 1.43 bits per heavy atom. The van der Waals surface area contributed by atoms with Gasteiger partial charge in [-0.1, -0.05) is 11.6 Å². The predicted molar refractivity (Wildman–Crippen MR) is 62.6 cm³/mol. The van der Waals surface area contributed by atoms with Gasteiger partial charge in [-0.2, -0.15) is 0 Å². The molecule has 0 spiro atoms. The first-order valence-corrected chi connectivity index (χ1v) is 5.31. The Morgan fingerprint density at radius 2 is 2.21 bits per heavy atom. The highest BCUT2D eigenvalue weighted by Crippen LogP contribution is 2.33. The zero-order chi connectivity index (χ0) is 10.1. The molecule has 0 atom stereocenters. The van der Waals surface area contributed by atoms with E-state index in [0.29, 0.717) is 0 Å². The summed E-state index contributed by atoms with van der Waals surface area (Å²) in [6, 6.07) is 4.04. The van der Waals surface area contributed by atoms with Crippen LogP contribution in [0.25, 0.3) is 0 Å². The first-order chi connectivity index (χ1) is 6.68. The average Bonchev–Trinajstić information content (AvgIpc) is 2.29. The van der Waals surface area contributed by atoms with Crippen LogP contribution in [0.4, 0.5) is 11.4 Å². The summed E-state index contributed by atoms with van der Waals surface area (Å²) in [6.07, 6.45) is 1.17. The van der Waals surface area contributed by atoms with Crippen LogP contribution in [0, 0.1) is 6.92 Å². The lowest BCUT2D eigenvalue weighted by atomic mass is 10.1. The minimum atomic E-state index is 0.816. The van der Waals surface area contributed by atoms with Crippen molar-refractivity contribution in [1.82, 2.24) is 0 Å². The lowest BCUT2D eigenvalue weighted by Gasteiger charge is -2.20. The molecule has 0 saturated carbocycles. The van der Waals surface area contributed by atoms with Gasteiger partial charge in [-0.3, -0.25) is 0 Å². The van der Waals surface area contributed by atoms with Gasteiger partial charge in [-0.15, -0.1) is 0 Å². The lowest BCUT2D eigenvalue weighted by Crippen LogP contribution is -2.17. The van der Waals surface area contributed by atoms with Crippen LogP contribution in [-0.2, 0) is 0 Å². The summed E-state index contributed by atoms with van der Waals surface area (Å²) in [5.74, 6) is 0. The SMILES string of the molecule is Cc1cc(Cl)cc2c1NCCCN2C. The minimum Gasteiger partial charge on any atom is -0.383 e. The number of nitrogens with zero attached hydrogens (tertiary/aromatic N) is 1. The Balaban J connectivity index is 2.53. The molecule has 76 valence electrons. The Bertz CT molecular complexity index is 349. The van der Waals surface area contributed by atoms with E-state index in [4.69, 9.17) is 11.6 Å². The molecule has 1 aromatic carbocycles. The van der Waals surface area contributed by atoms with Crippen molar-refractivity contribution in [3.05, 3.63) is 22.7 Å². The molecular formula is C11H15ClN2. The van der Waals surface area contributed by atoms with Gasteiger partial charge in [0.05, 0.1) is 11.4 Å². The Morgan fingerprint density at radius 3 is 3.00 bits per heavy atom. The third-order valence-corrected chi connectivity index (χ3v) is 2.88. The molecule has 1 N–H and O–H groups in total. The molecule has 1 aliphatic rings. The maximum atomic E-state index is 6.05. The highest BCUT2D eigenvalue weighted by atomic mass is 35.5. The first-order valence-electron chi connectivity index (χ1n) is 4.93. The van der Waals surface area contributed by atoms with Crippen LogP contribution < -0.4 is 10.2 Å². The quantitative estimate of drug-likeness (QED) is 0.709. The molecule has 0 fully saturated rings. The first kappa shape index (κ1) is 9.66. The molecule has 0 bridgehead atoms. The van der Waals surface area contributed by atoms with E-state index >= 15 is 0 Å². The molecule has 1 aromatic rings. The molecule has 3 heteroatoms. The van der Waals surface area contributed by atoms with E-state index in [1.807, 2.05) is 12.1 Å². The molecule has 14 heavy (non-hydrogen) atoms. The zero-order valence-electron chi connectivity index (χ0n) is 8.60. The molecule has 0 unspecified atom stereocenters. The van der Waals surface area contributed by atoms with Gasteiger partial charge >= 0.3 is 0 Å². The number of hydrogen-bond donors (Lipinski definition) is 1. The summed E-state index contributed by atoms with van der Waals surface area (Å²) in [6.45, 7) is 4.22. The molecule has 0 radical (unpaired) electrons. The fourth-order valence-electron chi connectivity index (χ4n) is 1.91. The summed E-state index contributed by atoms with van der Waals surface area (Å²) in [4.78, 5) is 2.26. The second-order valence-electron chi connectivity index (χ2n) is 3.82. The number of anilines is 2. The molecule has 1 heterocycles. The van der Waals surface area contributed by atoms with Gasteiger partial charge in [0, 0.05) is 25.2 Å². The normalized spacial score (nSPS) is 15.8. The fraction of sp³-hybridized carbons (Fsp3) is 0.455. The Labute approximate surface area is 89.9 Å². The van der Waals surface area contributed by atoms with Crippen LogP contribution in [-0.4, -0.2) is 20.1 Å². The van der Waals surface area contributed by atoms with E-state index in [2.05, 4.69) is 24.2 Å². The third-order valence-electron chi connectivity index (χ3n) is 2.66. The summed E-state index contributed by atoms with van der Waals surface area (Å²) in [7, 11) is 2.11. The van der Waals surface area contributed by atoms with Crippen LogP contribution >= 0.6 is 11.6 Å². The standard InChI is InChI=1S/C11H15ClN2/c1-8-6-9(12)7-10-11(8)13-4-3-5-14(10)2/h6-7,13H,3-5H2,1-2H3. The van der Waals surface area contributed by atoms with Crippen LogP contribution in [0.5, 0.6) is 0 Å². The van der Waals surface area contributed by atoms with Gasteiger partial charge < -0.3 is 10.2 Å². The van der Waals surface area contributed by atoms with Crippen molar-refractivity contribution in [2.24, 2.45) is 0 Å². The number of rotatable bonds is 0. The Hall–Kier alpha value is -0.890. The maximum Gasteiger partial charge on any atom is 0.0617 e. The number of fused-ring (bicyclic) bond motifs is 1. The van der Waals surface area contributed by atoms with E-state index in [1.54, 1.807) is 0 Å². The smallest absolute Gasteiger partial charge is 0.0617 e. The molecule has 0 amide bonds. The van der Waals surface area contributed by atoms with Gasteiger partial charge in [-0.25, -0.2) is 0 Å². The summed E-state index contributed by atoms with van der Waals surface area (Å²) in [5, 5.41) is 4.27. The van der Waals surface area contributed by atoms with Gasteiger partial charge in [0.15, 0.2) is 0 Å². The number of halogens is 1. The summed E-state index contributed by atoms with van der Waals surface area (Å²) in [5.41, 5.74) is 3.67. The van der Waals surface area contributed by atoms with Crippen molar-refractivity contribution >= 4 is 23.0 Å². The lowest BCUT2D eigenvalue weighted by molar-refractivity contribution is 0.837. The number of hydrogen-bond acceptors (Lipinski definition) is 2. The van der Waals surface area contributed by atoms with Crippen molar-refractivity contribution in [2.45, 2.75) is 13.3 Å². The third kappa shape index (κ3) is 1.67. The van der Waals surface area contributed by atoms with Crippen LogP contribution in [0.1, 0.15) is 12.0 Å². The van der Waals surface area contributed by atoms with E-state index in [0.717, 1.165) is 18.1 Å². The molecule has 1 aliphatic heterocycles. The molecule has 0 aromatic heterocycles. The van der Waals surface area contributed by atoms with Crippen molar-refractivity contribution in [3.63, 3.8) is 0 Å². The molecule has 0 aliphatic carbocycles. The van der Waals surface area contributed by atoms with Gasteiger partial charge in [0.2, 0.25) is 0 Å². The van der Waals surface area contributed by atoms with E-state index in [1.165, 1.54) is 23.4 Å². The topological polar surface area (TPSA) is 15.3 Å². The van der Waals surface area contributed by atoms with E-state index in [9.17, 15) is 0 Å². The monoisotopic (exact) mass is 210 g/mol. The van der Waals surface area contributed by atoms with Crippen LogP contribution in [0.2, 0.25) is 5.02 Å². The minimum absolute atomic E-state index is 0.816. The van der Waals surface area contributed by atoms with Crippen molar-refractivity contribution in [3.8, 4) is 0 Å². The van der Waals surface area contributed by atoms with Gasteiger partial charge in [0.25, 0.3) is 0 Å². The second-order valence-corrected chi connectivity index (χ2v) is 4.26. The highest BCUT2D eigenvalue weighted by Gasteiger charge is 2.14. The highest BCUT2D eigenvalue weighted by molar-refractivity contribution is 6.31. The molecular weight excluding hydrogens is 196 g/mol. The van der Waals surface area contributed by atoms with Gasteiger partial charge in [-0.05, 0) is 31.0 Å². The molecule has 2 nitrogen and oxygen atoms in total. The van der Waals surface area contributed by atoms with Crippen molar-refractivity contribution in [2.75, 3.05) is 30.4 Å². The van der Waals surface area contributed by atoms with Gasteiger partial charge in [0.1, 0.15) is 0 Å². The number of aryl methyl sites for hydroxylation is 1. The fourth-order valence-corrected chi connectivity index (χ4v) is 2.17. The maximum absolute atomic E-state index is 6.05. The van der Waals surface area contributed by atoms with Crippen LogP contribution in [0.3, 0.4) is 0 Å². The van der Waals surface area contributed by atoms with Crippen molar-refractivity contribution < 1.29 is 0 Å². The summed E-state index contributed by atoms with van der Waals surface area (Å²) >= 11 is 6.05. The van der Waals surface area contributed by atoms with Crippen molar-refractivity contribution in [1.29, 1.82) is 0 Å². The number of benzene rings is 1. The second kappa shape index (κ2) is 3.70. The average molecular weight is 211 g/mol. The number of nitrogens with one attached hydrogen (secondary N) is 1. The van der Waals surface area contributed by atoms with E-state index < -0.39 is 0 Å².